The van der Waals surface area contributed by atoms with Crippen LogP contribution in [0.15, 0.2) is 0 Å². The van der Waals surface area contributed by atoms with Crippen molar-refractivity contribution in [3.63, 3.8) is 0 Å². The summed E-state index contributed by atoms with van der Waals surface area (Å²) >= 11 is 0. The second-order valence-corrected chi connectivity index (χ2v) is 4.74. The molecule has 0 aromatic carbocycles. The first-order chi connectivity index (χ1) is 6.76. The molecule has 0 atom stereocenters. The number of hydrogen-bond donors (Lipinski definition) is 0. The lowest BCUT2D eigenvalue weighted by atomic mass is 9.81. The van der Waals surface area contributed by atoms with Crippen molar-refractivity contribution in [2.45, 2.75) is 31.7 Å². The zero-order chi connectivity index (χ0) is 10.0. The van der Waals surface area contributed by atoms with Crippen molar-refractivity contribution in [1.29, 1.82) is 0 Å². The molecule has 80 valence electrons. The molecule has 1 saturated heterocycles. The van der Waals surface area contributed by atoms with Crippen molar-refractivity contribution in [1.82, 2.24) is 4.90 Å². The fourth-order valence-corrected chi connectivity index (χ4v) is 2.23. The molecule has 1 aliphatic heterocycles. The maximum atomic E-state index is 11.2. The van der Waals surface area contributed by atoms with Crippen LogP contribution >= 0.6 is 0 Å². The zero-order valence-corrected chi connectivity index (χ0v) is 8.87. The Morgan fingerprint density at radius 1 is 1.43 bits per heavy atom. The van der Waals surface area contributed by atoms with Gasteiger partial charge in [-0.3, -0.25) is 0 Å². The van der Waals surface area contributed by atoms with Crippen LogP contribution in [0.25, 0.3) is 0 Å². The summed E-state index contributed by atoms with van der Waals surface area (Å²) in [4.78, 5) is 13.5. The normalized spacial score (nSPS) is 26.4. The molecule has 0 aromatic heterocycles. The summed E-state index contributed by atoms with van der Waals surface area (Å²) in [5.74, 6) is 0. The average Bonchev–Trinajstić information content (AvgIpc) is 3.02. The predicted molar refractivity (Wildman–Crippen MR) is 54.2 cm³/mol. The number of carbonyl (C=O) groups excluding carboxylic acids is 1. The molecule has 2 fully saturated rings. The number of ether oxygens (including phenoxy) is 1. The first kappa shape index (κ1) is 10.1. The Hall–Kier alpha value is -0.410. The third-order valence-corrected chi connectivity index (χ3v) is 3.47. The Balaban J connectivity index is 1.92. The molecule has 0 radical (unpaired) electrons. The molecule has 3 nitrogen and oxygen atoms in total. The minimum absolute atomic E-state index is 0.115. The standard InChI is InChI=1S/C11H19NO2/c1-12(10-2-3-10)8-11(9-13)4-6-14-7-5-11/h9-10H,2-8H2,1H3. The molecule has 0 bridgehead atoms. The van der Waals surface area contributed by atoms with Gasteiger partial charge in [0.15, 0.2) is 0 Å². The zero-order valence-electron chi connectivity index (χ0n) is 8.87. The molecule has 0 N–H and O–H groups in total. The lowest BCUT2D eigenvalue weighted by Crippen LogP contribution is -2.41. The smallest absolute Gasteiger partial charge is 0.127 e. The minimum atomic E-state index is -0.115. The molecule has 0 spiro atoms. The van der Waals surface area contributed by atoms with Gasteiger partial charge in [-0.05, 0) is 32.7 Å². The lowest BCUT2D eigenvalue weighted by molar-refractivity contribution is -0.122. The van der Waals surface area contributed by atoms with Gasteiger partial charge in [-0.2, -0.15) is 0 Å². The highest BCUT2D eigenvalue weighted by Gasteiger charge is 2.37. The summed E-state index contributed by atoms with van der Waals surface area (Å²) < 4.78 is 5.31. The van der Waals surface area contributed by atoms with Crippen LogP contribution in [0.3, 0.4) is 0 Å². The van der Waals surface area contributed by atoms with E-state index in [1.54, 1.807) is 0 Å². The summed E-state index contributed by atoms with van der Waals surface area (Å²) in [6.07, 6.45) is 5.57. The van der Waals surface area contributed by atoms with E-state index in [0.717, 1.165) is 44.9 Å². The number of carbonyl (C=O) groups is 1. The molecule has 1 saturated carbocycles. The van der Waals surface area contributed by atoms with E-state index in [1.165, 1.54) is 12.8 Å². The number of nitrogens with zero attached hydrogens (tertiary/aromatic N) is 1. The molecule has 0 aromatic rings. The van der Waals surface area contributed by atoms with E-state index in [2.05, 4.69) is 11.9 Å². The first-order valence-corrected chi connectivity index (χ1v) is 5.50. The highest BCUT2D eigenvalue weighted by Crippen LogP contribution is 2.33. The Labute approximate surface area is 85.4 Å². The van der Waals surface area contributed by atoms with Gasteiger partial charge in [-0.15, -0.1) is 0 Å². The Morgan fingerprint density at radius 2 is 2.07 bits per heavy atom. The molecule has 2 rings (SSSR count). The molecule has 14 heavy (non-hydrogen) atoms. The van der Waals surface area contributed by atoms with Crippen LogP contribution in [0.4, 0.5) is 0 Å². The van der Waals surface area contributed by atoms with Crippen molar-refractivity contribution in [3.05, 3.63) is 0 Å². The van der Waals surface area contributed by atoms with Crippen molar-refractivity contribution >= 4 is 6.29 Å². The second-order valence-electron chi connectivity index (χ2n) is 4.74. The highest BCUT2D eigenvalue weighted by atomic mass is 16.5. The van der Waals surface area contributed by atoms with E-state index in [0.29, 0.717) is 0 Å². The summed E-state index contributed by atoms with van der Waals surface area (Å²) in [5.41, 5.74) is -0.115. The minimum Gasteiger partial charge on any atom is -0.381 e. The van der Waals surface area contributed by atoms with Crippen LogP contribution in [0.5, 0.6) is 0 Å². The Bertz CT molecular complexity index is 207. The molecular weight excluding hydrogens is 178 g/mol. The van der Waals surface area contributed by atoms with Gasteiger partial charge >= 0.3 is 0 Å². The van der Waals surface area contributed by atoms with Crippen molar-refractivity contribution in [2.75, 3.05) is 26.8 Å². The van der Waals surface area contributed by atoms with Gasteiger partial charge < -0.3 is 14.4 Å². The van der Waals surface area contributed by atoms with Gasteiger partial charge in [0.1, 0.15) is 6.29 Å². The maximum Gasteiger partial charge on any atom is 0.127 e. The average molecular weight is 197 g/mol. The van der Waals surface area contributed by atoms with Gasteiger partial charge in [-0.1, -0.05) is 0 Å². The maximum absolute atomic E-state index is 11.2. The number of hydrogen-bond acceptors (Lipinski definition) is 3. The van der Waals surface area contributed by atoms with Crippen LogP contribution in [0.1, 0.15) is 25.7 Å². The fourth-order valence-electron chi connectivity index (χ4n) is 2.23. The molecule has 0 unspecified atom stereocenters. The molecular formula is C11H19NO2. The van der Waals surface area contributed by atoms with Crippen molar-refractivity contribution < 1.29 is 9.53 Å². The highest BCUT2D eigenvalue weighted by molar-refractivity contribution is 5.60. The van der Waals surface area contributed by atoms with Gasteiger partial charge in [0.2, 0.25) is 0 Å². The monoisotopic (exact) mass is 197 g/mol. The van der Waals surface area contributed by atoms with E-state index >= 15 is 0 Å². The molecule has 1 aliphatic carbocycles. The molecule has 3 heteroatoms. The van der Waals surface area contributed by atoms with Gasteiger partial charge in [0.25, 0.3) is 0 Å². The van der Waals surface area contributed by atoms with Crippen LogP contribution in [0.2, 0.25) is 0 Å². The molecule has 1 heterocycles. The lowest BCUT2D eigenvalue weighted by Gasteiger charge is -2.35. The summed E-state index contributed by atoms with van der Waals surface area (Å²) in [5, 5.41) is 0. The van der Waals surface area contributed by atoms with Crippen LogP contribution < -0.4 is 0 Å². The van der Waals surface area contributed by atoms with Gasteiger partial charge in [0, 0.05) is 31.2 Å². The van der Waals surface area contributed by atoms with Crippen LogP contribution in [-0.4, -0.2) is 44.0 Å². The summed E-state index contributed by atoms with van der Waals surface area (Å²) in [6.45, 7) is 2.42. The quantitative estimate of drug-likeness (QED) is 0.631. The molecule has 0 amide bonds. The third-order valence-electron chi connectivity index (χ3n) is 3.47. The SMILES string of the molecule is CN(CC1(C=O)CCOCC1)C1CC1. The number of rotatable bonds is 4. The van der Waals surface area contributed by atoms with Crippen LogP contribution in [-0.2, 0) is 9.53 Å². The molecule has 2 aliphatic rings. The Morgan fingerprint density at radius 3 is 2.57 bits per heavy atom. The third kappa shape index (κ3) is 2.15. The van der Waals surface area contributed by atoms with E-state index in [1.807, 2.05) is 0 Å². The van der Waals surface area contributed by atoms with Crippen molar-refractivity contribution in [2.24, 2.45) is 5.41 Å². The summed E-state index contributed by atoms with van der Waals surface area (Å²) in [7, 11) is 2.14. The Kier molecular flexibility index (Phi) is 2.88. The van der Waals surface area contributed by atoms with E-state index < -0.39 is 0 Å². The predicted octanol–water partition coefficient (Wildman–Crippen LogP) is 1.08. The second kappa shape index (κ2) is 3.99. The number of aldehydes is 1. The van der Waals surface area contributed by atoms with Crippen LogP contribution in [0, 0.1) is 5.41 Å². The van der Waals surface area contributed by atoms with Gasteiger partial charge in [0.05, 0.1) is 0 Å². The van der Waals surface area contributed by atoms with E-state index in [9.17, 15) is 4.79 Å². The van der Waals surface area contributed by atoms with E-state index in [4.69, 9.17) is 4.74 Å². The van der Waals surface area contributed by atoms with Crippen molar-refractivity contribution in [3.8, 4) is 0 Å². The fraction of sp³-hybridized carbons (Fsp3) is 0.909. The first-order valence-electron chi connectivity index (χ1n) is 5.50. The van der Waals surface area contributed by atoms with Gasteiger partial charge in [-0.25, -0.2) is 0 Å². The largest absolute Gasteiger partial charge is 0.381 e. The van der Waals surface area contributed by atoms with E-state index in [-0.39, 0.29) is 5.41 Å². The topological polar surface area (TPSA) is 29.5 Å². The summed E-state index contributed by atoms with van der Waals surface area (Å²) in [6, 6.07) is 0.745.